The zero-order chi connectivity index (χ0) is 10.7. The molecule has 1 fully saturated rings. The molecule has 2 atom stereocenters. The summed E-state index contributed by atoms with van der Waals surface area (Å²) < 4.78 is 12.7. The Morgan fingerprint density at radius 2 is 2.00 bits per heavy atom. The highest BCUT2D eigenvalue weighted by Crippen LogP contribution is 2.27. The maximum absolute atomic E-state index is 12.7. The lowest BCUT2D eigenvalue weighted by atomic mass is 10.1. The highest BCUT2D eigenvalue weighted by Gasteiger charge is 2.26. The van der Waals surface area contributed by atoms with Crippen LogP contribution in [0.15, 0.2) is 24.3 Å². The summed E-state index contributed by atoms with van der Waals surface area (Å²) in [6.07, 6.45) is 3.09. The molecule has 1 aromatic rings. The lowest BCUT2D eigenvalue weighted by Crippen LogP contribution is -2.22. The molecule has 0 aromatic heterocycles. The minimum atomic E-state index is -0.233. The Labute approximate surface area is 88.7 Å². The molecule has 1 N–H and O–H groups in total. The molecule has 0 bridgehead atoms. The Balaban J connectivity index is 2.03. The second-order valence-electron chi connectivity index (χ2n) is 3.92. The summed E-state index contributed by atoms with van der Waals surface area (Å²) in [6, 6.07) is 8.81. The fourth-order valence-corrected chi connectivity index (χ4v) is 2.05. The molecular formula is C12H13FN2. The van der Waals surface area contributed by atoms with Crippen molar-refractivity contribution in [3.05, 3.63) is 30.1 Å². The fraction of sp³-hybridized carbons (Fsp3) is 0.417. The highest BCUT2D eigenvalue weighted by atomic mass is 19.1. The van der Waals surface area contributed by atoms with E-state index in [2.05, 4.69) is 11.4 Å². The number of nitrogens with zero attached hydrogens (tertiary/aromatic N) is 1. The van der Waals surface area contributed by atoms with Crippen molar-refractivity contribution in [3.8, 4) is 6.07 Å². The number of rotatable bonds is 2. The van der Waals surface area contributed by atoms with Crippen LogP contribution in [-0.2, 0) is 0 Å². The summed E-state index contributed by atoms with van der Waals surface area (Å²) in [5.41, 5.74) is 0.892. The van der Waals surface area contributed by atoms with Gasteiger partial charge in [-0.3, -0.25) is 0 Å². The van der Waals surface area contributed by atoms with Crippen molar-refractivity contribution in [2.75, 3.05) is 5.32 Å². The number of nitriles is 1. The molecule has 3 heteroatoms. The van der Waals surface area contributed by atoms with Crippen molar-refractivity contribution in [2.45, 2.75) is 25.3 Å². The van der Waals surface area contributed by atoms with Crippen LogP contribution in [0.4, 0.5) is 10.1 Å². The van der Waals surface area contributed by atoms with E-state index in [1.807, 2.05) is 0 Å². The molecule has 0 radical (unpaired) electrons. The van der Waals surface area contributed by atoms with Crippen molar-refractivity contribution < 1.29 is 4.39 Å². The van der Waals surface area contributed by atoms with E-state index in [0.29, 0.717) is 0 Å². The van der Waals surface area contributed by atoms with Crippen molar-refractivity contribution in [1.82, 2.24) is 0 Å². The third kappa shape index (κ3) is 2.27. The predicted molar refractivity (Wildman–Crippen MR) is 56.8 cm³/mol. The van der Waals surface area contributed by atoms with Gasteiger partial charge in [0.05, 0.1) is 12.0 Å². The SMILES string of the molecule is N#CC1CCCC1Nc1ccc(F)cc1. The van der Waals surface area contributed by atoms with Gasteiger partial charge in [-0.05, 0) is 43.5 Å². The lowest BCUT2D eigenvalue weighted by molar-refractivity contribution is 0.622. The molecule has 2 nitrogen and oxygen atoms in total. The quantitative estimate of drug-likeness (QED) is 0.804. The van der Waals surface area contributed by atoms with Crippen LogP contribution in [0.25, 0.3) is 0 Å². The summed E-state index contributed by atoms with van der Waals surface area (Å²) in [4.78, 5) is 0. The second kappa shape index (κ2) is 4.31. The monoisotopic (exact) mass is 204 g/mol. The zero-order valence-corrected chi connectivity index (χ0v) is 8.41. The molecular weight excluding hydrogens is 191 g/mol. The molecule has 1 saturated carbocycles. The molecule has 1 aromatic carbocycles. The van der Waals surface area contributed by atoms with Crippen LogP contribution in [0, 0.1) is 23.1 Å². The van der Waals surface area contributed by atoms with E-state index in [9.17, 15) is 4.39 Å². The number of anilines is 1. The van der Waals surface area contributed by atoms with Crippen LogP contribution in [0.2, 0.25) is 0 Å². The Bertz CT molecular complexity index is 366. The molecule has 0 spiro atoms. The van der Waals surface area contributed by atoms with Gasteiger partial charge in [0.15, 0.2) is 0 Å². The number of benzene rings is 1. The van der Waals surface area contributed by atoms with Crippen LogP contribution >= 0.6 is 0 Å². The average molecular weight is 204 g/mol. The summed E-state index contributed by atoms with van der Waals surface area (Å²) in [6.45, 7) is 0. The fourth-order valence-electron chi connectivity index (χ4n) is 2.05. The number of hydrogen-bond donors (Lipinski definition) is 1. The second-order valence-corrected chi connectivity index (χ2v) is 3.92. The van der Waals surface area contributed by atoms with Crippen molar-refractivity contribution in [2.24, 2.45) is 5.92 Å². The standard InChI is InChI=1S/C12H13FN2/c13-10-4-6-11(7-5-10)15-12-3-1-2-9(12)8-14/h4-7,9,12,15H,1-3H2. The van der Waals surface area contributed by atoms with Crippen molar-refractivity contribution >= 4 is 5.69 Å². The van der Waals surface area contributed by atoms with Gasteiger partial charge in [0.25, 0.3) is 0 Å². The van der Waals surface area contributed by atoms with Crippen molar-refractivity contribution in [1.29, 1.82) is 5.26 Å². The minimum absolute atomic E-state index is 0.0926. The van der Waals surface area contributed by atoms with Gasteiger partial charge in [-0.15, -0.1) is 0 Å². The number of nitrogens with one attached hydrogen (secondary N) is 1. The molecule has 1 aliphatic carbocycles. The highest BCUT2D eigenvalue weighted by molar-refractivity contribution is 5.44. The molecule has 1 aliphatic rings. The largest absolute Gasteiger partial charge is 0.381 e. The summed E-state index contributed by atoms with van der Waals surface area (Å²) in [5.74, 6) is -0.140. The van der Waals surface area contributed by atoms with Gasteiger partial charge in [-0.25, -0.2) is 4.39 Å². The van der Waals surface area contributed by atoms with E-state index in [1.165, 1.54) is 12.1 Å². The first-order valence-electron chi connectivity index (χ1n) is 5.21. The summed E-state index contributed by atoms with van der Waals surface area (Å²) in [5, 5.41) is 12.2. The molecule has 0 amide bonds. The third-order valence-corrected chi connectivity index (χ3v) is 2.88. The van der Waals surface area contributed by atoms with Gasteiger partial charge in [-0.2, -0.15) is 5.26 Å². The maximum atomic E-state index is 12.7. The molecule has 0 saturated heterocycles. The number of halogens is 1. The van der Waals surface area contributed by atoms with Crippen LogP contribution in [0.1, 0.15) is 19.3 Å². The molecule has 2 unspecified atom stereocenters. The van der Waals surface area contributed by atoms with E-state index >= 15 is 0 Å². The van der Waals surface area contributed by atoms with Gasteiger partial charge in [0, 0.05) is 11.7 Å². The maximum Gasteiger partial charge on any atom is 0.123 e. The smallest absolute Gasteiger partial charge is 0.123 e. The summed E-state index contributed by atoms with van der Waals surface area (Å²) >= 11 is 0. The van der Waals surface area contributed by atoms with Crippen LogP contribution in [-0.4, -0.2) is 6.04 Å². The zero-order valence-electron chi connectivity index (χ0n) is 8.41. The van der Waals surface area contributed by atoms with E-state index in [-0.39, 0.29) is 17.8 Å². The van der Waals surface area contributed by atoms with Crippen LogP contribution in [0.5, 0.6) is 0 Å². The van der Waals surface area contributed by atoms with Gasteiger partial charge in [0.2, 0.25) is 0 Å². The van der Waals surface area contributed by atoms with E-state index < -0.39 is 0 Å². The molecule has 15 heavy (non-hydrogen) atoms. The third-order valence-electron chi connectivity index (χ3n) is 2.88. The molecule has 0 heterocycles. The first-order chi connectivity index (χ1) is 7.29. The Kier molecular flexibility index (Phi) is 2.86. The molecule has 2 rings (SSSR count). The Morgan fingerprint density at radius 3 is 2.67 bits per heavy atom. The van der Waals surface area contributed by atoms with Gasteiger partial charge in [0.1, 0.15) is 5.82 Å². The van der Waals surface area contributed by atoms with E-state index in [1.54, 1.807) is 12.1 Å². The van der Waals surface area contributed by atoms with Crippen LogP contribution in [0.3, 0.4) is 0 Å². The van der Waals surface area contributed by atoms with Crippen LogP contribution < -0.4 is 5.32 Å². The normalized spacial score (nSPS) is 24.8. The first kappa shape index (κ1) is 9.97. The Morgan fingerprint density at radius 1 is 1.27 bits per heavy atom. The predicted octanol–water partition coefficient (Wildman–Crippen LogP) is 2.93. The van der Waals surface area contributed by atoms with E-state index in [0.717, 1.165) is 24.9 Å². The first-order valence-corrected chi connectivity index (χ1v) is 5.21. The Hall–Kier alpha value is -1.56. The van der Waals surface area contributed by atoms with E-state index in [4.69, 9.17) is 5.26 Å². The lowest BCUT2D eigenvalue weighted by Gasteiger charge is -2.16. The molecule has 78 valence electrons. The minimum Gasteiger partial charge on any atom is -0.381 e. The van der Waals surface area contributed by atoms with Gasteiger partial charge >= 0.3 is 0 Å². The van der Waals surface area contributed by atoms with Gasteiger partial charge < -0.3 is 5.32 Å². The average Bonchev–Trinajstić information content (AvgIpc) is 2.69. The summed E-state index contributed by atoms with van der Waals surface area (Å²) in [7, 11) is 0. The topological polar surface area (TPSA) is 35.8 Å². The van der Waals surface area contributed by atoms with Gasteiger partial charge in [-0.1, -0.05) is 0 Å². The molecule has 0 aliphatic heterocycles. The van der Waals surface area contributed by atoms with Crippen molar-refractivity contribution in [3.63, 3.8) is 0 Å². The number of hydrogen-bond acceptors (Lipinski definition) is 2.